The van der Waals surface area contributed by atoms with Crippen molar-refractivity contribution < 1.29 is 19.1 Å². The number of Topliss-reactive ketones (excluding diaryl/α,β-unsaturated/α-hetero) is 1. The van der Waals surface area contributed by atoms with Gasteiger partial charge in [0.25, 0.3) is 0 Å². The van der Waals surface area contributed by atoms with E-state index in [1.807, 2.05) is 0 Å². The van der Waals surface area contributed by atoms with E-state index in [1.54, 1.807) is 40.4 Å². The molecule has 0 saturated heterocycles. The number of hydrogen-bond donors (Lipinski definition) is 1. The molecule has 2 heterocycles. The van der Waals surface area contributed by atoms with Gasteiger partial charge in [0.1, 0.15) is 10.8 Å². The van der Waals surface area contributed by atoms with Gasteiger partial charge in [-0.15, -0.1) is 11.3 Å². The number of nitrogens with zero attached hydrogens (tertiary/aromatic N) is 2. The van der Waals surface area contributed by atoms with Crippen LogP contribution in [0.3, 0.4) is 0 Å². The highest BCUT2D eigenvalue weighted by molar-refractivity contribution is 7.09. The third-order valence-electron chi connectivity index (χ3n) is 3.62. The lowest BCUT2D eigenvalue weighted by molar-refractivity contribution is -0.136. The van der Waals surface area contributed by atoms with Crippen LogP contribution in [0.25, 0.3) is 0 Å². The molecule has 0 fully saturated rings. The van der Waals surface area contributed by atoms with Crippen LogP contribution in [-0.2, 0) is 24.2 Å². The first-order chi connectivity index (χ1) is 12.0. The molecule has 0 saturated carbocycles. The average Bonchev–Trinajstić information content (AvgIpc) is 3.18. The minimum atomic E-state index is -0.948. The molecule has 0 aliphatic rings. The number of carbonyl (C=O) groups is 2. The van der Waals surface area contributed by atoms with Gasteiger partial charge in [-0.25, -0.2) is 9.37 Å². The highest BCUT2D eigenvalue weighted by Crippen LogP contribution is 2.15. The van der Waals surface area contributed by atoms with Gasteiger partial charge in [-0.1, -0.05) is 12.1 Å². The van der Waals surface area contributed by atoms with E-state index in [9.17, 15) is 14.0 Å². The Kier molecular flexibility index (Phi) is 5.04. The van der Waals surface area contributed by atoms with Crippen LogP contribution in [0.4, 0.5) is 4.39 Å². The lowest BCUT2D eigenvalue weighted by Crippen LogP contribution is -2.12. The zero-order valence-electron chi connectivity index (χ0n) is 13.2. The predicted octanol–water partition coefficient (Wildman–Crippen LogP) is 3.18. The first-order valence-corrected chi connectivity index (χ1v) is 8.47. The molecule has 5 nitrogen and oxygen atoms in total. The summed E-state index contributed by atoms with van der Waals surface area (Å²) in [6.07, 6.45) is 1.78. The molecule has 0 radical (unpaired) electrons. The Bertz CT molecular complexity index is 899. The summed E-state index contributed by atoms with van der Waals surface area (Å²) >= 11 is 1.28. The van der Waals surface area contributed by atoms with Gasteiger partial charge in [0.05, 0.1) is 24.2 Å². The van der Waals surface area contributed by atoms with Crippen molar-refractivity contribution in [1.29, 1.82) is 0 Å². The minimum absolute atomic E-state index is 0.0941. The summed E-state index contributed by atoms with van der Waals surface area (Å²) in [6, 6.07) is 9.66. The summed E-state index contributed by atoms with van der Waals surface area (Å²) in [6.45, 7) is 0.469. The van der Waals surface area contributed by atoms with E-state index in [0.717, 1.165) is 5.56 Å². The Labute approximate surface area is 147 Å². The van der Waals surface area contributed by atoms with E-state index in [2.05, 4.69) is 4.98 Å². The van der Waals surface area contributed by atoms with E-state index < -0.39 is 5.97 Å². The van der Waals surface area contributed by atoms with Crippen molar-refractivity contribution in [2.45, 2.75) is 19.4 Å². The lowest BCUT2D eigenvalue weighted by Gasteiger charge is -2.08. The van der Waals surface area contributed by atoms with Crippen molar-refractivity contribution >= 4 is 23.1 Å². The molecule has 128 valence electrons. The number of aromatic nitrogens is 2. The number of carboxylic acid groups (broad SMARTS) is 1. The fourth-order valence-corrected chi connectivity index (χ4v) is 3.28. The molecule has 25 heavy (non-hydrogen) atoms. The van der Waals surface area contributed by atoms with Gasteiger partial charge < -0.3 is 9.67 Å². The molecule has 0 aliphatic heterocycles. The third kappa shape index (κ3) is 4.39. The number of carboxylic acids is 1. The molecule has 0 aliphatic carbocycles. The minimum Gasteiger partial charge on any atom is -0.481 e. The van der Waals surface area contributed by atoms with Crippen molar-refractivity contribution in [2.75, 3.05) is 0 Å². The Morgan fingerprint density at radius 1 is 1.16 bits per heavy atom. The van der Waals surface area contributed by atoms with Crippen molar-refractivity contribution in [3.63, 3.8) is 0 Å². The Morgan fingerprint density at radius 2 is 1.92 bits per heavy atom. The number of rotatable bonds is 7. The molecule has 0 unspecified atom stereocenters. The van der Waals surface area contributed by atoms with E-state index in [1.165, 1.54) is 23.5 Å². The van der Waals surface area contributed by atoms with Gasteiger partial charge >= 0.3 is 5.97 Å². The molecule has 0 bridgehead atoms. The molecule has 1 N–H and O–H groups in total. The van der Waals surface area contributed by atoms with Crippen molar-refractivity contribution in [3.05, 3.63) is 75.8 Å². The third-order valence-corrected chi connectivity index (χ3v) is 4.52. The number of thiazole rings is 1. The maximum absolute atomic E-state index is 13.0. The highest BCUT2D eigenvalue weighted by Gasteiger charge is 2.15. The average molecular weight is 358 g/mol. The molecule has 1 aromatic carbocycles. The van der Waals surface area contributed by atoms with Crippen LogP contribution in [0.5, 0.6) is 0 Å². The predicted molar refractivity (Wildman–Crippen MR) is 91.4 cm³/mol. The van der Waals surface area contributed by atoms with Crippen molar-refractivity contribution in [3.8, 4) is 0 Å². The maximum atomic E-state index is 13.0. The molecule has 0 amide bonds. The van der Waals surface area contributed by atoms with E-state index in [0.29, 0.717) is 22.9 Å². The quantitative estimate of drug-likeness (QED) is 0.659. The second kappa shape index (κ2) is 7.40. The van der Waals surface area contributed by atoms with Gasteiger partial charge in [0, 0.05) is 18.1 Å². The summed E-state index contributed by atoms with van der Waals surface area (Å²) in [7, 11) is 0. The summed E-state index contributed by atoms with van der Waals surface area (Å²) in [5.74, 6) is -1.34. The van der Waals surface area contributed by atoms with Crippen LogP contribution in [-0.4, -0.2) is 26.4 Å². The molecule has 3 aromatic rings. The van der Waals surface area contributed by atoms with Gasteiger partial charge in [-0.05, 0) is 29.8 Å². The van der Waals surface area contributed by atoms with Crippen LogP contribution in [0.2, 0.25) is 0 Å². The van der Waals surface area contributed by atoms with E-state index in [-0.39, 0.29) is 24.4 Å². The number of hydrogen-bond acceptors (Lipinski definition) is 4. The Hall–Kier alpha value is -2.80. The van der Waals surface area contributed by atoms with Crippen LogP contribution < -0.4 is 0 Å². The highest BCUT2D eigenvalue weighted by atomic mass is 32.1. The van der Waals surface area contributed by atoms with Crippen molar-refractivity contribution in [1.82, 2.24) is 9.55 Å². The second-order valence-electron chi connectivity index (χ2n) is 5.55. The van der Waals surface area contributed by atoms with Gasteiger partial charge in [0.15, 0.2) is 5.78 Å². The van der Waals surface area contributed by atoms with Crippen LogP contribution >= 0.6 is 11.3 Å². The number of carbonyl (C=O) groups excluding carboxylic acids is 1. The maximum Gasteiger partial charge on any atom is 0.309 e. The van der Waals surface area contributed by atoms with Gasteiger partial charge in [-0.2, -0.15) is 0 Å². The second-order valence-corrected chi connectivity index (χ2v) is 6.49. The normalized spacial score (nSPS) is 10.8. The molecule has 0 atom stereocenters. The van der Waals surface area contributed by atoms with E-state index in [4.69, 9.17) is 5.11 Å². The number of benzene rings is 1. The first kappa shape index (κ1) is 17.0. The summed E-state index contributed by atoms with van der Waals surface area (Å²) in [5.41, 5.74) is 1.89. The monoisotopic (exact) mass is 358 g/mol. The fraction of sp³-hybridized carbons (Fsp3) is 0.167. The van der Waals surface area contributed by atoms with Crippen LogP contribution in [0, 0.1) is 5.82 Å². The summed E-state index contributed by atoms with van der Waals surface area (Å²) < 4.78 is 14.8. The zero-order chi connectivity index (χ0) is 17.8. The fourth-order valence-electron chi connectivity index (χ4n) is 2.49. The molecule has 7 heteroatoms. The largest absolute Gasteiger partial charge is 0.481 e. The number of halogens is 1. The lowest BCUT2D eigenvalue weighted by atomic mass is 10.2. The summed E-state index contributed by atoms with van der Waals surface area (Å²) in [4.78, 5) is 27.4. The zero-order valence-corrected chi connectivity index (χ0v) is 14.0. The Balaban J connectivity index is 1.70. The summed E-state index contributed by atoms with van der Waals surface area (Å²) in [5, 5.41) is 11.0. The topological polar surface area (TPSA) is 72.2 Å². The standard InChI is InChI=1S/C18H15FN2O3S/c19-13-5-3-12(4-6-13)10-21-7-1-2-15(21)16(22)9-17-20-14(11-25-17)8-18(23)24/h1-7,11H,8-10H2,(H,23,24). The number of aliphatic carboxylic acids is 1. The SMILES string of the molecule is O=C(O)Cc1csc(CC(=O)c2cccn2Cc2ccc(F)cc2)n1. The van der Waals surface area contributed by atoms with Crippen LogP contribution in [0.1, 0.15) is 26.8 Å². The van der Waals surface area contributed by atoms with Crippen molar-refractivity contribution in [2.24, 2.45) is 0 Å². The Morgan fingerprint density at radius 3 is 2.64 bits per heavy atom. The van der Waals surface area contributed by atoms with Gasteiger partial charge in [0.2, 0.25) is 0 Å². The van der Waals surface area contributed by atoms with Crippen LogP contribution in [0.15, 0.2) is 48.0 Å². The molecule has 2 aromatic heterocycles. The molecule has 0 spiro atoms. The van der Waals surface area contributed by atoms with Gasteiger partial charge in [-0.3, -0.25) is 9.59 Å². The molecular weight excluding hydrogens is 343 g/mol. The first-order valence-electron chi connectivity index (χ1n) is 7.59. The van der Waals surface area contributed by atoms with E-state index >= 15 is 0 Å². The smallest absolute Gasteiger partial charge is 0.309 e. The molecular formula is C18H15FN2O3S. The number of ketones is 1. The molecule has 3 rings (SSSR count).